The molecule has 88 valence electrons. The molecular weight excluding hydrogens is 212 g/mol. The number of nitrogens with one attached hydrogen (secondary N) is 1. The Hall–Kier alpha value is -1.66. The number of H-pyrrole nitrogens is 1. The van der Waals surface area contributed by atoms with Gasteiger partial charge in [0.15, 0.2) is 0 Å². The van der Waals surface area contributed by atoms with E-state index < -0.39 is 11.2 Å². The molecule has 0 atom stereocenters. The van der Waals surface area contributed by atoms with Crippen LogP contribution in [-0.4, -0.2) is 27.9 Å². The van der Waals surface area contributed by atoms with Crippen molar-refractivity contribution in [3.05, 3.63) is 38.7 Å². The highest BCUT2D eigenvalue weighted by Crippen LogP contribution is 2.01. The number of aliphatic hydroxyl groups excluding tert-OH is 1. The maximum atomic E-state index is 11.5. The van der Waals surface area contributed by atoms with E-state index in [2.05, 4.69) is 11.6 Å². The average molecular weight is 226 g/mol. The van der Waals surface area contributed by atoms with E-state index in [1.165, 1.54) is 10.6 Å². The second-order valence-corrected chi connectivity index (χ2v) is 3.16. The normalized spacial score (nSPS) is 10.4. The summed E-state index contributed by atoms with van der Waals surface area (Å²) < 4.78 is 6.28. The van der Waals surface area contributed by atoms with Crippen molar-refractivity contribution in [2.45, 2.75) is 13.7 Å². The number of aliphatic hydroxyl groups is 1. The molecule has 1 aromatic heterocycles. The predicted octanol–water partition coefficient (Wildman–Crippen LogP) is -0.546. The van der Waals surface area contributed by atoms with Gasteiger partial charge in [-0.3, -0.25) is 14.3 Å². The van der Waals surface area contributed by atoms with Crippen LogP contribution in [0.4, 0.5) is 0 Å². The summed E-state index contributed by atoms with van der Waals surface area (Å²) in [6.45, 7) is 5.11. The van der Waals surface area contributed by atoms with Gasteiger partial charge in [0.1, 0.15) is 6.73 Å². The molecule has 0 amide bonds. The maximum absolute atomic E-state index is 11.5. The van der Waals surface area contributed by atoms with Crippen molar-refractivity contribution in [1.29, 1.82) is 0 Å². The zero-order valence-corrected chi connectivity index (χ0v) is 9.02. The molecule has 0 saturated carbocycles. The predicted molar refractivity (Wildman–Crippen MR) is 59.2 cm³/mol. The van der Waals surface area contributed by atoms with Crippen LogP contribution in [0.25, 0.3) is 6.08 Å². The molecule has 16 heavy (non-hydrogen) atoms. The van der Waals surface area contributed by atoms with Crippen LogP contribution in [-0.2, 0) is 11.5 Å². The fourth-order valence-electron chi connectivity index (χ4n) is 1.30. The third-order valence-electron chi connectivity index (χ3n) is 2.13. The van der Waals surface area contributed by atoms with Gasteiger partial charge in [-0.25, -0.2) is 4.79 Å². The van der Waals surface area contributed by atoms with Gasteiger partial charge in [-0.15, -0.1) is 0 Å². The molecule has 6 nitrogen and oxygen atoms in total. The minimum atomic E-state index is -0.552. The molecule has 1 rings (SSSR count). The first kappa shape index (κ1) is 12.4. The zero-order chi connectivity index (χ0) is 12.1. The lowest BCUT2D eigenvalue weighted by molar-refractivity contribution is 0.0452. The van der Waals surface area contributed by atoms with Gasteiger partial charge in [-0.2, -0.15) is 0 Å². The monoisotopic (exact) mass is 226 g/mol. The summed E-state index contributed by atoms with van der Waals surface area (Å²) in [6, 6.07) is 0. The third kappa shape index (κ3) is 2.47. The molecule has 0 aliphatic rings. The van der Waals surface area contributed by atoms with Crippen molar-refractivity contribution in [3.63, 3.8) is 0 Å². The van der Waals surface area contributed by atoms with Gasteiger partial charge in [-0.1, -0.05) is 6.58 Å². The summed E-state index contributed by atoms with van der Waals surface area (Å²) in [5.74, 6) is 0. The van der Waals surface area contributed by atoms with E-state index in [0.29, 0.717) is 11.3 Å². The Labute approximate surface area is 91.8 Å². The van der Waals surface area contributed by atoms with Crippen LogP contribution in [0.5, 0.6) is 0 Å². The van der Waals surface area contributed by atoms with E-state index in [1.54, 1.807) is 6.92 Å². The lowest BCUT2D eigenvalue weighted by Gasteiger charge is -2.11. The zero-order valence-electron chi connectivity index (χ0n) is 9.02. The van der Waals surface area contributed by atoms with Crippen LogP contribution in [0.3, 0.4) is 0 Å². The number of aromatic amines is 1. The van der Waals surface area contributed by atoms with Gasteiger partial charge in [0, 0.05) is 5.56 Å². The molecule has 0 radical (unpaired) electrons. The highest BCUT2D eigenvalue weighted by Gasteiger charge is 2.08. The molecule has 0 bridgehead atoms. The third-order valence-corrected chi connectivity index (χ3v) is 2.13. The summed E-state index contributed by atoms with van der Waals surface area (Å²) in [5, 5.41) is 8.55. The molecule has 0 aliphatic carbocycles. The Morgan fingerprint density at radius 3 is 2.81 bits per heavy atom. The van der Waals surface area contributed by atoms with Gasteiger partial charge >= 0.3 is 5.69 Å². The fraction of sp³-hybridized carbons (Fsp3) is 0.400. The molecule has 0 unspecified atom stereocenters. The Morgan fingerprint density at radius 2 is 2.25 bits per heavy atom. The molecule has 0 saturated heterocycles. The molecule has 1 heterocycles. The summed E-state index contributed by atoms with van der Waals surface area (Å²) in [7, 11) is 0. The maximum Gasteiger partial charge on any atom is 0.330 e. The van der Waals surface area contributed by atoms with Crippen LogP contribution in [0.2, 0.25) is 0 Å². The molecule has 0 spiro atoms. The molecule has 0 fully saturated rings. The largest absolute Gasteiger partial charge is 0.394 e. The van der Waals surface area contributed by atoms with Gasteiger partial charge in [0.2, 0.25) is 0 Å². The fourth-order valence-corrected chi connectivity index (χ4v) is 1.30. The highest BCUT2D eigenvalue weighted by atomic mass is 16.5. The second kappa shape index (κ2) is 5.43. The van der Waals surface area contributed by atoms with Crippen molar-refractivity contribution < 1.29 is 9.84 Å². The van der Waals surface area contributed by atoms with E-state index in [4.69, 9.17) is 9.84 Å². The van der Waals surface area contributed by atoms with E-state index in [9.17, 15) is 9.59 Å². The topological polar surface area (TPSA) is 84.3 Å². The number of hydrogen-bond acceptors (Lipinski definition) is 4. The van der Waals surface area contributed by atoms with Gasteiger partial charge in [0.25, 0.3) is 5.56 Å². The Morgan fingerprint density at radius 1 is 1.56 bits per heavy atom. The second-order valence-electron chi connectivity index (χ2n) is 3.16. The minimum Gasteiger partial charge on any atom is -0.394 e. The summed E-state index contributed by atoms with van der Waals surface area (Å²) in [6.07, 6.45) is 1.42. The quantitative estimate of drug-likeness (QED) is 0.660. The Balaban J connectivity index is 3.16. The van der Waals surface area contributed by atoms with Gasteiger partial charge < -0.3 is 9.84 Å². The first-order chi connectivity index (χ1) is 7.61. The van der Waals surface area contributed by atoms with Crippen LogP contribution in [0, 0.1) is 6.92 Å². The molecule has 2 N–H and O–H groups in total. The van der Waals surface area contributed by atoms with Crippen molar-refractivity contribution >= 4 is 6.08 Å². The molecule has 0 aliphatic heterocycles. The molecule has 1 aromatic rings. The lowest BCUT2D eigenvalue weighted by Crippen LogP contribution is -2.34. The highest BCUT2D eigenvalue weighted by molar-refractivity contribution is 5.45. The van der Waals surface area contributed by atoms with E-state index >= 15 is 0 Å². The summed E-state index contributed by atoms with van der Waals surface area (Å²) >= 11 is 0. The Bertz CT molecular complexity index is 487. The number of hydrogen-bond donors (Lipinski definition) is 2. The van der Waals surface area contributed by atoms with Crippen molar-refractivity contribution in [2.24, 2.45) is 0 Å². The molecule has 0 aromatic carbocycles. The number of nitrogens with zero attached hydrogens (tertiary/aromatic N) is 1. The first-order valence-electron chi connectivity index (χ1n) is 4.76. The minimum absolute atomic E-state index is 0.0294. The van der Waals surface area contributed by atoms with Crippen LogP contribution in [0.1, 0.15) is 11.3 Å². The SMILES string of the molecule is C=Cc1c(C)c(=O)[nH]c(=O)n1COCCO. The van der Waals surface area contributed by atoms with E-state index in [-0.39, 0.29) is 19.9 Å². The molecule has 6 heteroatoms. The standard InChI is InChI=1S/C10H14N2O4/c1-3-8-7(2)9(14)11-10(15)12(8)6-16-5-4-13/h3,13H,1,4-6H2,2H3,(H,11,14,15). The lowest BCUT2D eigenvalue weighted by atomic mass is 10.2. The van der Waals surface area contributed by atoms with Crippen LogP contribution >= 0.6 is 0 Å². The average Bonchev–Trinajstić information content (AvgIpc) is 2.26. The van der Waals surface area contributed by atoms with Crippen LogP contribution < -0.4 is 11.2 Å². The van der Waals surface area contributed by atoms with Crippen molar-refractivity contribution in [3.8, 4) is 0 Å². The number of rotatable bonds is 5. The van der Waals surface area contributed by atoms with Crippen molar-refractivity contribution in [1.82, 2.24) is 9.55 Å². The number of aromatic nitrogens is 2. The van der Waals surface area contributed by atoms with E-state index in [0.717, 1.165) is 0 Å². The first-order valence-corrected chi connectivity index (χ1v) is 4.76. The molecular formula is C10H14N2O4. The summed E-state index contributed by atoms with van der Waals surface area (Å²) in [4.78, 5) is 25.0. The van der Waals surface area contributed by atoms with Gasteiger partial charge in [0.05, 0.1) is 18.9 Å². The van der Waals surface area contributed by atoms with Crippen LogP contribution in [0.15, 0.2) is 16.2 Å². The Kier molecular flexibility index (Phi) is 4.21. The van der Waals surface area contributed by atoms with Crippen molar-refractivity contribution in [2.75, 3.05) is 13.2 Å². The summed E-state index contributed by atoms with van der Waals surface area (Å²) in [5.41, 5.74) is -0.157. The number of ether oxygens (including phenoxy) is 1. The van der Waals surface area contributed by atoms with E-state index in [1.807, 2.05) is 0 Å². The van der Waals surface area contributed by atoms with Gasteiger partial charge in [-0.05, 0) is 13.0 Å². The smallest absolute Gasteiger partial charge is 0.330 e.